The van der Waals surface area contributed by atoms with Gasteiger partial charge in [-0.2, -0.15) is 10.5 Å². The van der Waals surface area contributed by atoms with Gasteiger partial charge >= 0.3 is 0 Å². The van der Waals surface area contributed by atoms with E-state index in [1.807, 2.05) is 0 Å². The van der Waals surface area contributed by atoms with Crippen molar-refractivity contribution in [1.82, 2.24) is 4.90 Å². The molecule has 0 radical (unpaired) electrons. The zero-order valence-electron chi connectivity index (χ0n) is 11.4. The normalized spacial score (nSPS) is 9.29. The average Bonchev–Trinajstić information content (AvgIpc) is 2.47. The van der Waals surface area contributed by atoms with Gasteiger partial charge in [-0.3, -0.25) is 14.9 Å². The maximum absolute atomic E-state index is 12.1. The number of nitrogens with one attached hydrogen (secondary N) is 1. The fourth-order valence-electron chi connectivity index (χ4n) is 1.71. The molecule has 108 valence electrons. The molecule has 0 atom stereocenters. The van der Waals surface area contributed by atoms with E-state index in [-0.39, 0.29) is 24.3 Å². The average molecular weight is 287 g/mol. The Labute approximate surface area is 121 Å². The Balaban J connectivity index is 3.16. The maximum Gasteiger partial charge on any atom is 0.293 e. The molecule has 1 aromatic rings. The number of nitriles is 2. The third kappa shape index (κ3) is 3.91. The summed E-state index contributed by atoms with van der Waals surface area (Å²) in [6.07, 6.45) is 0. The van der Waals surface area contributed by atoms with Crippen LogP contribution in [-0.4, -0.2) is 35.4 Å². The van der Waals surface area contributed by atoms with E-state index in [0.717, 1.165) is 11.0 Å². The Morgan fingerprint density at radius 2 is 2.00 bits per heavy atom. The second-order valence-electron chi connectivity index (χ2n) is 4.00. The first-order valence-corrected chi connectivity index (χ1v) is 6.10. The van der Waals surface area contributed by atoms with Crippen molar-refractivity contribution < 1.29 is 9.72 Å². The summed E-state index contributed by atoms with van der Waals surface area (Å²) in [6, 6.07) is 7.56. The van der Waals surface area contributed by atoms with Crippen LogP contribution in [-0.2, 0) is 0 Å². The first-order valence-electron chi connectivity index (χ1n) is 6.10. The molecule has 0 aromatic heterocycles. The first kappa shape index (κ1) is 15.9. The lowest BCUT2D eigenvalue weighted by molar-refractivity contribution is -0.384. The van der Waals surface area contributed by atoms with Crippen molar-refractivity contribution in [2.24, 2.45) is 0 Å². The zero-order valence-corrected chi connectivity index (χ0v) is 11.4. The Hall–Kier alpha value is -3.13. The molecule has 1 aromatic carbocycles. The molecule has 8 nitrogen and oxygen atoms in total. The van der Waals surface area contributed by atoms with E-state index in [1.165, 1.54) is 12.1 Å². The number of rotatable bonds is 6. The number of nitro benzene ring substituents is 1. The molecule has 21 heavy (non-hydrogen) atoms. The molecular formula is C13H13N5O3. The first-order chi connectivity index (χ1) is 10.0. The number of hydrogen-bond acceptors (Lipinski definition) is 6. The minimum absolute atomic E-state index is 0.0638. The van der Waals surface area contributed by atoms with E-state index in [1.54, 1.807) is 19.1 Å². The van der Waals surface area contributed by atoms with Crippen LogP contribution in [0.5, 0.6) is 0 Å². The van der Waals surface area contributed by atoms with E-state index < -0.39 is 10.8 Å². The van der Waals surface area contributed by atoms with Crippen LogP contribution in [0.4, 0.5) is 11.4 Å². The summed E-state index contributed by atoms with van der Waals surface area (Å²) in [5.74, 6) is -0.593. The van der Waals surface area contributed by atoms with E-state index in [0.29, 0.717) is 12.2 Å². The summed E-state index contributed by atoms with van der Waals surface area (Å²) in [5.41, 5.74) is 0.150. The zero-order chi connectivity index (χ0) is 15.8. The van der Waals surface area contributed by atoms with Crippen LogP contribution in [0.2, 0.25) is 0 Å². The Kier molecular flexibility index (Phi) is 5.66. The van der Waals surface area contributed by atoms with Crippen molar-refractivity contribution >= 4 is 17.3 Å². The largest absolute Gasteiger partial charge is 0.380 e. The molecule has 0 aliphatic carbocycles. The minimum atomic E-state index is -0.593. The van der Waals surface area contributed by atoms with Gasteiger partial charge in [-0.05, 0) is 19.1 Å². The van der Waals surface area contributed by atoms with Gasteiger partial charge in [0.25, 0.3) is 11.6 Å². The van der Waals surface area contributed by atoms with Crippen LogP contribution >= 0.6 is 0 Å². The number of anilines is 1. The molecule has 0 saturated carbocycles. The molecule has 0 aliphatic rings. The third-order valence-electron chi connectivity index (χ3n) is 2.62. The molecule has 1 N–H and O–H groups in total. The Morgan fingerprint density at radius 3 is 2.48 bits per heavy atom. The number of hydrogen-bond donors (Lipinski definition) is 1. The second kappa shape index (κ2) is 7.46. The molecule has 0 heterocycles. The number of carbonyl (C=O) groups is 1. The van der Waals surface area contributed by atoms with Gasteiger partial charge in [0, 0.05) is 18.2 Å². The van der Waals surface area contributed by atoms with Crippen molar-refractivity contribution in [3.63, 3.8) is 0 Å². The van der Waals surface area contributed by atoms with Crippen LogP contribution in [0.1, 0.15) is 17.3 Å². The van der Waals surface area contributed by atoms with E-state index in [4.69, 9.17) is 10.5 Å². The molecule has 8 heteroatoms. The van der Waals surface area contributed by atoms with Gasteiger partial charge in [-0.15, -0.1) is 0 Å². The van der Waals surface area contributed by atoms with Gasteiger partial charge in [0.15, 0.2) is 0 Å². The molecular weight excluding hydrogens is 274 g/mol. The van der Waals surface area contributed by atoms with Crippen LogP contribution in [0.25, 0.3) is 0 Å². The number of nitro groups is 1. The van der Waals surface area contributed by atoms with Crippen molar-refractivity contribution in [1.29, 1.82) is 10.5 Å². The summed E-state index contributed by atoms with van der Waals surface area (Å²) in [5, 5.41) is 31.1. The van der Waals surface area contributed by atoms with Crippen LogP contribution < -0.4 is 5.32 Å². The Bertz CT molecular complexity index is 614. The molecule has 0 aliphatic heterocycles. The maximum atomic E-state index is 12.1. The summed E-state index contributed by atoms with van der Waals surface area (Å²) in [4.78, 5) is 23.6. The van der Waals surface area contributed by atoms with Crippen LogP contribution in [0, 0.1) is 32.8 Å². The van der Waals surface area contributed by atoms with Crippen LogP contribution in [0.3, 0.4) is 0 Å². The third-order valence-corrected chi connectivity index (χ3v) is 2.62. The van der Waals surface area contributed by atoms with Gasteiger partial charge < -0.3 is 10.2 Å². The highest BCUT2D eigenvalue weighted by Gasteiger charge is 2.20. The van der Waals surface area contributed by atoms with Crippen LogP contribution in [0.15, 0.2) is 18.2 Å². The van der Waals surface area contributed by atoms with Gasteiger partial charge in [0.05, 0.1) is 17.1 Å². The lowest BCUT2D eigenvalue weighted by Gasteiger charge is -2.16. The van der Waals surface area contributed by atoms with Gasteiger partial charge in [0.1, 0.15) is 18.8 Å². The Morgan fingerprint density at radius 1 is 1.38 bits per heavy atom. The number of amides is 1. The fraction of sp³-hybridized carbons (Fsp3) is 0.308. The van der Waals surface area contributed by atoms with Crippen molar-refractivity contribution in [2.45, 2.75) is 6.92 Å². The quantitative estimate of drug-likeness (QED) is 0.480. The number of carbonyl (C=O) groups excluding carboxylic acids is 1. The van der Waals surface area contributed by atoms with Crippen molar-refractivity contribution in [3.8, 4) is 12.1 Å². The number of benzene rings is 1. The SMILES string of the molecule is CCNc1ccc(C(=O)N(CC#N)CC#N)cc1[N+](=O)[O-]. The molecule has 1 amide bonds. The van der Waals surface area contributed by atoms with Crippen molar-refractivity contribution in [3.05, 3.63) is 33.9 Å². The minimum Gasteiger partial charge on any atom is -0.380 e. The molecule has 0 fully saturated rings. The second-order valence-corrected chi connectivity index (χ2v) is 4.00. The van der Waals surface area contributed by atoms with Gasteiger partial charge in [-0.25, -0.2) is 0 Å². The smallest absolute Gasteiger partial charge is 0.293 e. The van der Waals surface area contributed by atoms with Crippen molar-refractivity contribution in [2.75, 3.05) is 25.0 Å². The molecule has 0 spiro atoms. The summed E-state index contributed by atoms with van der Waals surface area (Å²) >= 11 is 0. The molecule has 0 saturated heterocycles. The van der Waals surface area contributed by atoms with Gasteiger partial charge in [0.2, 0.25) is 0 Å². The van der Waals surface area contributed by atoms with Gasteiger partial charge in [-0.1, -0.05) is 0 Å². The summed E-state index contributed by atoms with van der Waals surface area (Å²) < 4.78 is 0. The molecule has 0 unspecified atom stereocenters. The molecule has 1 rings (SSSR count). The standard InChI is InChI=1S/C13H13N5O3/c1-2-16-11-4-3-10(9-12(11)18(20)21)13(19)17(7-5-14)8-6-15/h3-4,9,16H,2,7-8H2,1H3. The topological polar surface area (TPSA) is 123 Å². The highest BCUT2D eigenvalue weighted by molar-refractivity contribution is 5.96. The lowest BCUT2D eigenvalue weighted by atomic mass is 10.1. The predicted octanol–water partition coefficient (Wildman–Crippen LogP) is 1.52. The van der Waals surface area contributed by atoms with E-state index >= 15 is 0 Å². The summed E-state index contributed by atoms with van der Waals surface area (Å²) in [6.45, 7) is 1.79. The summed E-state index contributed by atoms with van der Waals surface area (Å²) in [7, 11) is 0. The monoisotopic (exact) mass is 287 g/mol. The van der Waals surface area contributed by atoms with E-state index in [2.05, 4.69) is 5.32 Å². The lowest BCUT2D eigenvalue weighted by Crippen LogP contribution is -2.31. The fourth-order valence-corrected chi connectivity index (χ4v) is 1.71. The highest BCUT2D eigenvalue weighted by Crippen LogP contribution is 2.26. The van der Waals surface area contributed by atoms with E-state index in [9.17, 15) is 14.9 Å². The molecule has 0 bridgehead atoms. The predicted molar refractivity (Wildman–Crippen MR) is 74.4 cm³/mol. The number of nitrogens with zero attached hydrogens (tertiary/aromatic N) is 4. The highest BCUT2D eigenvalue weighted by atomic mass is 16.6.